The van der Waals surface area contributed by atoms with E-state index in [2.05, 4.69) is 10.2 Å². The molecular formula is C23H23ClFN3O2. The highest BCUT2D eigenvalue weighted by Gasteiger charge is 2.20. The molecular weight excluding hydrogens is 405 g/mol. The van der Waals surface area contributed by atoms with Crippen LogP contribution in [0.5, 0.6) is 0 Å². The van der Waals surface area contributed by atoms with Crippen LogP contribution in [0, 0.1) is 5.82 Å². The van der Waals surface area contributed by atoms with Crippen molar-refractivity contribution in [3.05, 3.63) is 77.3 Å². The number of nitrogens with one attached hydrogen (secondary N) is 1. The van der Waals surface area contributed by atoms with Gasteiger partial charge in [0.1, 0.15) is 17.3 Å². The number of carbonyl (C=O) groups is 1. The lowest BCUT2D eigenvalue weighted by Gasteiger charge is -2.35. The molecule has 1 amide bonds. The molecule has 30 heavy (non-hydrogen) atoms. The molecule has 1 aromatic heterocycles. The largest absolute Gasteiger partial charge is 0.459 e. The Morgan fingerprint density at radius 2 is 1.73 bits per heavy atom. The number of nitrogens with zero attached hydrogens (tertiary/aromatic N) is 2. The van der Waals surface area contributed by atoms with Crippen LogP contribution >= 0.6 is 11.6 Å². The maximum atomic E-state index is 13.9. The number of rotatable bonds is 6. The van der Waals surface area contributed by atoms with Crippen LogP contribution in [0.1, 0.15) is 5.76 Å². The topological polar surface area (TPSA) is 48.7 Å². The molecule has 1 saturated heterocycles. The molecule has 0 aliphatic carbocycles. The van der Waals surface area contributed by atoms with Crippen LogP contribution in [-0.2, 0) is 11.3 Å². The van der Waals surface area contributed by atoms with E-state index in [1.807, 2.05) is 47.4 Å². The second-order valence-electron chi connectivity index (χ2n) is 7.26. The SMILES string of the molecule is O=C(CN1CCN(c2ccccc2F)CC1)NCc1ccc(-c2ccc(Cl)cc2)o1. The van der Waals surface area contributed by atoms with Gasteiger partial charge in [-0.05, 0) is 48.5 Å². The first-order valence-electron chi connectivity index (χ1n) is 9.92. The summed E-state index contributed by atoms with van der Waals surface area (Å²) in [5.41, 5.74) is 1.56. The molecule has 5 nitrogen and oxygen atoms in total. The molecule has 0 unspecified atom stereocenters. The molecule has 1 fully saturated rings. The Morgan fingerprint density at radius 1 is 1.00 bits per heavy atom. The summed E-state index contributed by atoms with van der Waals surface area (Å²) < 4.78 is 19.7. The Kier molecular flexibility index (Phi) is 6.35. The number of halogens is 2. The van der Waals surface area contributed by atoms with Gasteiger partial charge in [-0.15, -0.1) is 0 Å². The van der Waals surface area contributed by atoms with Crippen molar-refractivity contribution >= 4 is 23.2 Å². The van der Waals surface area contributed by atoms with Gasteiger partial charge >= 0.3 is 0 Å². The van der Waals surface area contributed by atoms with Gasteiger partial charge in [-0.1, -0.05) is 23.7 Å². The lowest BCUT2D eigenvalue weighted by atomic mass is 10.2. The Bertz CT molecular complexity index is 998. The average molecular weight is 428 g/mol. The van der Waals surface area contributed by atoms with Gasteiger partial charge in [-0.2, -0.15) is 0 Å². The number of piperazine rings is 1. The zero-order chi connectivity index (χ0) is 20.9. The fourth-order valence-corrected chi connectivity index (χ4v) is 3.67. The van der Waals surface area contributed by atoms with Gasteiger partial charge in [-0.3, -0.25) is 9.69 Å². The van der Waals surface area contributed by atoms with Crippen molar-refractivity contribution in [3.8, 4) is 11.3 Å². The normalized spacial score (nSPS) is 14.7. The van der Waals surface area contributed by atoms with E-state index in [1.54, 1.807) is 12.1 Å². The summed E-state index contributed by atoms with van der Waals surface area (Å²) in [6, 6.07) is 17.9. The molecule has 1 aliphatic heterocycles. The minimum atomic E-state index is -0.208. The molecule has 0 bridgehead atoms. The average Bonchev–Trinajstić information content (AvgIpc) is 3.23. The van der Waals surface area contributed by atoms with Crippen molar-refractivity contribution in [2.24, 2.45) is 0 Å². The van der Waals surface area contributed by atoms with Gasteiger partial charge in [0.05, 0.1) is 18.8 Å². The van der Waals surface area contributed by atoms with Crippen LogP contribution in [0.3, 0.4) is 0 Å². The Morgan fingerprint density at radius 3 is 2.47 bits per heavy atom. The molecule has 7 heteroatoms. The highest BCUT2D eigenvalue weighted by atomic mass is 35.5. The number of hydrogen-bond acceptors (Lipinski definition) is 4. The monoisotopic (exact) mass is 427 g/mol. The maximum absolute atomic E-state index is 13.9. The summed E-state index contributed by atoms with van der Waals surface area (Å²) in [6.07, 6.45) is 0. The summed E-state index contributed by atoms with van der Waals surface area (Å²) in [5.74, 6) is 1.16. The van der Waals surface area contributed by atoms with E-state index >= 15 is 0 Å². The lowest BCUT2D eigenvalue weighted by molar-refractivity contribution is -0.122. The highest BCUT2D eigenvalue weighted by Crippen LogP contribution is 2.24. The fraction of sp³-hybridized carbons (Fsp3) is 0.261. The summed E-state index contributed by atoms with van der Waals surface area (Å²) >= 11 is 5.91. The number of anilines is 1. The molecule has 1 aliphatic rings. The number of carbonyl (C=O) groups excluding carboxylic acids is 1. The van der Waals surface area contributed by atoms with Crippen LogP contribution in [0.25, 0.3) is 11.3 Å². The Hall–Kier alpha value is -2.83. The Labute approximate surface area is 180 Å². The molecule has 4 rings (SSSR count). The van der Waals surface area contributed by atoms with Crippen molar-refractivity contribution in [2.75, 3.05) is 37.6 Å². The zero-order valence-electron chi connectivity index (χ0n) is 16.5. The minimum Gasteiger partial charge on any atom is -0.459 e. The predicted molar refractivity (Wildman–Crippen MR) is 116 cm³/mol. The van der Waals surface area contributed by atoms with E-state index in [0.29, 0.717) is 55.7 Å². The van der Waals surface area contributed by atoms with Gasteiger partial charge in [-0.25, -0.2) is 4.39 Å². The van der Waals surface area contributed by atoms with Gasteiger partial charge in [0.25, 0.3) is 0 Å². The van der Waals surface area contributed by atoms with E-state index in [4.69, 9.17) is 16.0 Å². The third kappa shape index (κ3) is 5.01. The number of hydrogen-bond donors (Lipinski definition) is 1. The zero-order valence-corrected chi connectivity index (χ0v) is 17.2. The van der Waals surface area contributed by atoms with Gasteiger partial charge in [0.15, 0.2) is 0 Å². The molecule has 0 radical (unpaired) electrons. The Balaban J connectivity index is 1.23. The smallest absolute Gasteiger partial charge is 0.234 e. The van der Waals surface area contributed by atoms with Crippen molar-refractivity contribution in [2.45, 2.75) is 6.54 Å². The van der Waals surface area contributed by atoms with Crippen LogP contribution in [0.4, 0.5) is 10.1 Å². The molecule has 0 spiro atoms. The standard InChI is InChI=1S/C23H23ClFN3O2/c24-18-7-5-17(6-8-18)22-10-9-19(30-22)15-26-23(29)16-27-11-13-28(14-12-27)21-4-2-1-3-20(21)25/h1-10H,11-16H2,(H,26,29). The van der Waals surface area contributed by atoms with Gasteiger partial charge in [0.2, 0.25) is 5.91 Å². The number of amides is 1. The van der Waals surface area contributed by atoms with Crippen LogP contribution in [0.2, 0.25) is 5.02 Å². The number of benzene rings is 2. The maximum Gasteiger partial charge on any atom is 0.234 e. The van der Waals surface area contributed by atoms with Crippen LogP contribution in [0.15, 0.2) is 65.1 Å². The molecule has 1 N–H and O–H groups in total. The molecule has 2 heterocycles. The lowest BCUT2D eigenvalue weighted by Crippen LogP contribution is -2.49. The van der Waals surface area contributed by atoms with Crippen molar-refractivity contribution < 1.29 is 13.6 Å². The predicted octanol–water partition coefficient (Wildman–Crippen LogP) is 4.18. The van der Waals surface area contributed by atoms with Crippen molar-refractivity contribution in [1.29, 1.82) is 0 Å². The highest BCUT2D eigenvalue weighted by molar-refractivity contribution is 6.30. The third-order valence-electron chi connectivity index (χ3n) is 5.18. The number of furan rings is 1. The van der Waals surface area contributed by atoms with Crippen LogP contribution < -0.4 is 10.2 Å². The fourth-order valence-electron chi connectivity index (χ4n) is 3.54. The van der Waals surface area contributed by atoms with E-state index in [0.717, 1.165) is 11.3 Å². The molecule has 2 aromatic carbocycles. The molecule has 3 aromatic rings. The first-order chi connectivity index (χ1) is 14.6. The summed E-state index contributed by atoms with van der Waals surface area (Å²) in [6.45, 7) is 3.46. The van der Waals surface area contributed by atoms with Crippen LogP contribution in [-0.4, -0.2) is 43.5 Å². The van der Waals surface area contributed by atoms with Gasteiger partial charge < -0.3 is 14.6 Å². The molecule has 0 atom stereocenters. The quantitative estimate of drug-likeness (QED) is 0.641. The summed E-state index contributed by atoms with van der Waals surface area (Å²) in [4.78, 5) is 16.4. The first kappa shape index (κ1) is 20.4. The molecule has 0 saturated carbocycles. The molecule has 156 valence electrons. The second-order valence-corrected chi connectivity index (χ2v) is 7.70. The van der Waals surface area contributed by atoms with Crippen molar-refractivity contribution in [1.82, 2.24) is 10.2 Å². The summed E-state index contributed by atoms with van der Waals surface area (Å²) in [5, 5.41) is 3.58. The van der Waals surface area contributed by atoms with Gasteiger partial charge in [0, 0.05) is 36.8 Å². The van der Waals surface area contributed by atoms with E-state index in [1.165, 1.54) is 6.07 Å². The van der Waals surface area contributed by atoms with E-state index < -0.39 is 0 Å². The minimum absolute atomic E-state index is 0.0567. The van der Waals surface area contributed by atoms with Crippen molar-refractivity contribution in [3.63, 3.8) is 0 Å². The second kappa shape index (κ2) is 9.32. The third-order valence-corrected chi connectivity index (χ3v) is 5.43. The summed E-state index contributed by atoms with van der Waals surface area (Å²) in [7, 11) is 0. The number of para-hydroxylation sites is 1. The van der Waals surface area contributed by atoms with E-state index in [9.17, 15) is 9.18 Å². The first-order valence-corrected chi connectivity index (χ1v) is 10.3. The van der Waals surface area contributed by atoms with E-state index in [-0.39, 0.29) is 11.7 Å².